The molecular formula is C39H45N3O4S. The molecule has 1 aliphatic rings. The predicted octanol–water partition coefficient (Wildman–Crippen LogP) is 7.09. The largest absolute Gasteiger partial charge is 0.352 e. The van der Waals surface area contributed by atoms with Gasteiger partial charge in [0, 0.05) is 19.0 Å². The van der Waals surface area contributed by atoms with Gasteiger partial charge in [0.05, 0.1) is 10.6 Å². The number of anilines is 1. The Kier molecular flexibility index (Phi) is 11.5. The minimum absolute atomic E-state index is 0.0534. The van der Waals surface area contributed by atoms with Gasteiger partial charge in [-0.3, -0.25) is 13.9 Å². The molecule has 4 aromatic rings. The van der Waals surface area contributed by atoms with Crippen LogP contribution in [0.3, 0.4) is 0 Å². The van der Waals surface area contributed by atoms with Crippen molar-refractivity contribution in [1.29, 1.82) is 0 Å². The summed E-state index contributed by atoms with van der Waals surface area (Å²) >= 11 is 0. The van der Waals surface area contributed by atoms with Crippen LogP contribution < -0.4 is 9.62 Å². The molecule has 4 aromatic carbocycles. The van der Waals surface area contributed by atoms with E-state index in [0.717, 1.165) is 48.8 Å². The van der Waals surface area contributed by atoms with Crippen LogP contribution in [0.2, 0.25) is 0 Å². The van der Waals surface area contributed by atoms with Crippen LogP contribution in [0.4, 0.5) is 5.69 Å². The van der Waals surface area contributed by atoms with Gasteiger partial charge in [-0.15, -0.1) is 0 Å². The number of carbonyl (C=O) groups excluding carboxylic acids is 2. The zero-order valence-electron chi connectivity index (χ0n) is 27.3. The monoisotopic (exact) mass is 651 g/mol. The topological polar surface area (TPSA) is 86.8 Å². The molecule has 7 nitrogen and oxygen atoms in total. The van der Waals surface area contributed by atoms with Crippen LogP contribution in [0.1, 0.15) is 68.6 Å². The fraction of sp³-hybridized carbons (Fsp3) is 0.333. The molecule has 0 aliphatic heterocycles. The van der Waals surface area contributed by atoms with Crippen LogP contribution in [0.15, 0.2) is 120 Å². The van der Waals surface area contributed by atoms with E-state index in [4.69, 9.17) is 0 Å². The first-order valence-electron chi connectivity index (χ1n) is 16.6. The summed E-state index contributed by atoms with van der Waals surface area (Å²) in [5.41, 5.74) is 3.21. The van der Waals surface area contributed by atoms with Gasteiger partial charge in [-0.25, -0.2) is 8.42 Å². The van der Waals surface area contributed by atoms with E-state index in [-0.39, 0.29) is 29.3 Å². The molecule has 1 fully saturated rings. The first-order valence-corrected chi connectivity index (χ1v) is 18.0. The Morgan fingerprint density at radius 2 is 1.30 bits per heavy atom. The van der Waals surface area contributed by atoms with E-state index in [1.165, 1.54) is 16.4 Å². The number of nitrogens with zero attached hydrogens (tertiary/aromatic N) is 2. The third-order valence-corrected chi connectivity index (χ3v) is 10.7. The second kappa shape index (κ2) is 15.9. The molecule has 0 radical (unpaired) electrons. The molecule has 1 aliphatic carbocycles. The van der Waals surface area contributed by atoms with Crippen LogP contribution >= 0.6 is 0 Å². The van der Waals surface area contributed by atoms with Gasteiger partial charge in [0.2, 0.25) is 11.8 Å². The average molecular weight is 652 g/mol. The Morgan fingerprint density at radius 3 is 1.87 bits per heavy atom. The number of rotatable bonds is 13. The summed E-state index contributed by atoms with van der Waals surface area (Å²) in [7, 11) is -4.13. The zero-order valence-corrected chi connectivity index (χ0v) is 28.1. The lowest BCUT2D eigenvalue weighted by Crippen LogP contribution is -2.55. The summed E-state index contributed by atoms with van der Waals surface area (Å²) in [6.07, 6.45) is 5.39. The number of nitrogens with one attached hydrogen (secondary N) is 1. The third kappa shape index (κ3) is 8.89. The van der Waals surface area contributed by atoms with E-state index in [2.05, 4.69) is 19.2 Å². The van der Waals surface area contributed by atoms with Crippen molar-refractivity contribution in [2.75, 3.05) is 10.8 Å². The van der Waals surface area contributed by atoms with Gasteiger partial charge >= 0.3 is 0 Å². The van der Waals surface area contributed by atoms with Gasteiger partial charge in [0.1, 0.15) is 12.6 Å². The molecule has 2 amide bonds. The number of amides is 2. The molecule has 47 heavy (non-hydrogen) atoms. The number of hydrogen-bond acceptors (Lipinski definition) is 4. The van der Waals surface area contributed by atoms with Gasteiger partial charge in [-0.1, -0.05) is 124 Å². The summed E-state index contributed by atoms with van der Waals surface area (Å²) in [6, 6.07) is 33.9. The fourth-order valence-corrected chi connectivity index (χ4v) is 7.59. The fourth-order valence-electron chi connectivity index (χ4n) is 6.15. The molecule has 1 atom stereocenters. The Labute approximate surface area is 279 Å². The summed E-state index contributed by atoms with van der Waals surface area (Å²) in [5.74, 6) is -0.419. The van der Waals surface area contributed by atoms with Crippen molar-refractivity contribution in [2.45, 2.75) is 81.8 Å². The number of sulfonamides is 1. The van der Waals surface area contributed by atoms with Crippen LogP contribution in [-0.2, 0) is 32.6 Å². The van der Waals surface area contributed by atoms with Gasteiger partial charge < -0.3 is 10.2 Å². The second-order valence-corrected chi connectivity index (χ2v) is 14.5. The SMILES string of the molecule is CC(C)c1ccc(N(CC(=O)N(Cc2ccccc2)[C@H](Cc2ccccc2)C(=O)NC2CCCCC2)S(=O)(=O)c2ccccc2)cc1. The van der Waals surface area contributed by atoms with Crippen molar-refractivity contribution in [3.63, 3.8) is 0 Å². The zero-order chi connectivity index (χ0) is 33.2. The van der Waals surface area contributed by atoms with Crippen molar-refractivity contribution in [3.8, 4) is 0 Å². The van der Waals surface area contributed by atoms with Crippen molar-refractivity contribution in [2.24, 2.45) is 0 Å². The predicted molar refractivity (Wildman–Crippen MR) is 187 cm³/mol. The van der Waals surface area contributed by atoms with Crippen molar-refractivity contribution in [3.05, 3.63) is 132 Å². The van der Waals surface area contributed by atoms with Crippen LogP contribution in [0.25, 0.3) is 0 Å². The molecular weight excluding hydrogens is 607 g/mol. The lowest BCUT2D eigenvalue weighted by Gasteiger charge is -2.35. The van der Waals surface area contributed by atoms with Crippen LogP contribution in [0, 0.1) is 0 Å². The molecule has 246 valence electrons. The van der Waals surface area contributed by atoms with E-state index in [9.17, 15) is 18.0 Å². The smallest absolute Gasteiger partial charge is 0.264 e. The van der Waals surface area contributed by atoms with E-state index < -0.39 is 28.5 Å². The molecule has 0 heterocycles. The molecule has 5 rings (SSSR count). The highest BCUT2D eigenvalue weighted by Crippen LogP contribution is 2.27. The molecule has 1 N–H and O–H groups in total. The second-order valence-electron chi connectivity index (χ2n) is 12.6. The lowest BCUT2D eigenvalue weighted by molar-refractivity contribution is -0.140. The summed E-state index contributed by atoms with van der Waals surface area (Å²) in [4.78, 5) is 30.5. The maximum absolute atomic E-state index is 14.7. The van der Waals surface area contributed by atoms with Crippen LogP contribution in [-0.4, -0.2) is 43.8 Å². The normalized spacial score (nSPS) is 14.4. The first kappa shape index (κ1) is 33.9. The van der Waals surface area contributed by atoms with Crippen molar-refractivity contribution in [1.82, 2.24) is 10.2 Å². The van der Waals surface area contributed by atoms with Crippen molar-refractivity contribution < 1.29 is 18.0 Å². The van der Waals surface area contributed by atoms with Gasteiger partial charge in [0.15, 0.2) is 0 Å². The van der Waals surface area contributed by atoms with E-state index in [0.29, 0.717) is 12.1 Å². The van der Waals surface area contributed by atoms with E-state index >= 15 is 0 Å². The standard InChI is InChI=1S/C39H45N3O4S/c1-30(2)33-23-25-35(26-24-33)42(47(45,46)36-21-13-6-14-22-36)29-38(43)41(28-32-17-9-4-10-18-32)37(27-31-15-7-3-8-16-31)39(44)40-34-19-11-5-12-20-34/h3-4,6-10,13-18,21-26,30,34,37H,5,11-12,19-20,27-29H2,1-2H3,(H,40,44)/t37-/m1/s1. The van der Waals surface area contributed by atoms with E-state index in [1.54, 1.807) is 35.2 Å². The highest BCUT2D eigenvalue weighted by atomic mass is 32.2. The maximum Gasteiger partial charge on any atom is 0.264 e. The van der Waals surface area contributed by atoms with E-state index in [1.807, 2.05) is 72.8 Å². The van der Waals surface area contributed by atoms with Crippen LogP contribution in [0.5, 0.6) is 0 Å². The molecule has 0 unspecified atom stereocenters. The molecule has 1 saturated carbocycles. The minimum Gasteiger partial charge on any atom is -0.352 e. The maximum atomic E-state index is 14.7. The summed E-state index contributed by atoms with van der Waals surface area (Å²) in [5, 5.41) is 3.25. The third-order valence-electron chi connectivity index (χ3n) is 8.88. The molecule has 0 saturated heterocycles. The Bertz CT molecular complexity index is 1690. The Balaban J connectivity index is 1.55. The number of benzene rings is 4. The lowest BCUT2D eigenvalue weighted by atomic mass is 9.94. The number of hydrogen-bond donors (Lipinski definition) is 1. The quantitative estimate of drug-likeness (QED) is 0.167. The van der Waals surface area contributed by atoms with Gasteiger partial charge in [-0.2, -0.15) is 0 Å². The first-order chi connectivity index (χ1) is 22.7. The Morgan fingerprint density at radius 1 is 0.745 bits per heavy atom. The summed E-state index contributed by atoms with van der Waals surface area (Å²) in [6.45, 7) is 3.83. The minimum atomic E-state index is -4.13. The van der Waals surface area contributed by atoms with Crippen molar-refractivity contribution >= 4 is 27.5 Å². The number of carbonyl (C=O) groups is 2. The molecule has 8 heteroatoms. The Hall–Kier alpha value is -4.43. The molecule has 0 spiro atoms. The summed E-state index contributed by atoms with van der Waals surface area (Å²) < 4.78 is 29.6. The average Bonchev–Trinajstić information content (AvgIpc) is 3.10. The van der Waals surface area contributed by atoms with Gasteiger partial charge in [-0.05, 0) is 59.7 Å². The highest BCUT2D eigenvalue weighted by Gasteiger charge is 2.35. The highest BCUT2D eigenvalue weighted by molar-refractivity contribution is 7.92. The molecule has 0 bridgehead atoms. The molecule has 0 aromatic heterocycles. The van der Waals surface area contributed by atoms with Gasteiger partial charge in [0.25, 0.3) is 10.0 Å².